The van der Waals surface area contributed by atoms with Crippen LogP contribution >= 0.6 is 0 Å². The Labute approximate surface area is 159 Å². The number of methoxy groups -OCH3 is 2. The van der Waals surface area contributed by atoms with Crippen molar-refractivity contribution in [3.63, 3.8) is 0 Å². The van der Waals surface area contributed by atoms with Crippen molar-refractivity contribution in [2.24, 2.45) is 5.92 Å². The fourth-order valence-corrected chi connectivity index (χ4v) is 2.44. The molecule has 0 N–H and O–H groups in total. The highest BCUT2D eigenvalue weighted by molar-refractivity contribution is 6.15. The zero-order valence-electron chi connectivity index (χ0n) is 16.0. The number of hydrogen-bond donors (Lipinski definition) is 0. The highest BCUT2D eigenvalue weighted by atomic mass is 16.5. The number of carbonyl (C=O) groups excluding carboxylic acids is 1. The molecule has 0 heterocycles. The second-order valence-corrected chi connectivity index (χ2v) is 6.31. The van der Waals surface area contributed by atoms with Crippen LogP contribution in [0.4, 0.5) is 0 Å². The third-order valence-electron chi connectivity index (χ3n) is 3.79. The van der Waals surface area contributed by atoms with E-state index in [9.17, 15) is 10.1 Å². The normalized spacial score (nSPS) is 11.0. The van der Waals surface area contributed by atoms with Crippen LogP contribution in [-0.2, 0) is 0 Å². The topological polar surface area (TPSA) is 68.5 Å². The van der Waals surface area contributed by atoms with E-state index in [1.54, 1.807) is 49.6 Å². The molecule has 140 valence electrons. The predicted octanol–water partition coefficient (Wildman–Crippen LogP) is 4.53. The minimum Gasteiger partial charge on any atom is -0.496 e. The molecule has 2 rings (SSSR count). The van der Waals surface area contributed by atoms with Crippen molar-refractivity contribution >= 4 is 11.9 Å². The SMILES string of the molecule is COc1cc(/C=C(\C#N)C(=O)c2ccccc2OC)ccc1OCC(C)C. The van der Waals surface area contributed by atoms with Gasteiger partial charge < -0.3 is 14.2 Å². The number of carbonyl (C=O) groups is 1. The number of Topliss-reactive ketones (excluding diaryl/α,β-unsaturated/α-hetero) is 1. The van der Waals surface area contributed by atoms with Crippen LogP contribution in [0.2, 0.25) is 0 Å². The van der Waals surface area contributed by atoms with Crippen molar-refractivity contribution < 1.29 is 19.0 Å². The molecule has 0 saturated heterocycles. The van der Waals surface area contributed by atoms with Crippen molar-refractivity contribution in [3.05, 3.63) is 59.2 Å². The Bertz CT molecular complexity index is 878. The lowest BCUT2D eigenvalue weighted by Crippen LogP contribution is -2.06. The standard InChI is InChI=1S/C22H23NO4/c1-15(2)14-27-20-10-9-16(12-21(20)26-4)11-17(13-23)22(24)18-7-5-6-8-19(18)25-3/h5-12,15H,14H2,1-4H3/b17-11+. The van der Waals surface area contributed by atoms with Gasteiger partial charge in [-0.3, -0.25) is 4.79 Å². The number of nitriles is 1. The Morgan fingerprint density at radius 3 is 2.41 bits per heavy atom. The summed E-state index contributed by atoms with van der Waals surface area (Å²) in [5, 5.41) is 9.47. The van der Waals surface area contributed by atoms with Crippen LogP contribution in [0.1, 0.15) is 29.8 Å². The fraction of sp³-hybridized carbons (Fsp3) is 0.273. The molecule has 0 aliphatic carbocycles. The van der Waals surface area contributed by atoms with Gasteiger partial charge in [0.15, 0.2) is 11.5 Å². The third kappa shape index (κ3) is 5.11. The van der Waals surface area contributed by atoms with E-state index in [4.69, 9.17) is 14.2 Å². The summed E-state index contributed by atoms with van der Waals surface area (Å²) in [7, 11) is 3.04. The smallest absolute Gasteiger partial charge is 0.207 e. The lowest BCUT2D eigenvalue weighted by molar-refractivity contribution is 0.103. The van der Waals surface area contributed by atoms with Crippen LogP contribution in [-0.4, -0.2) is 26.6 Å². The van der Waals surface area contributed by atoms with E-state index in [-0.39, 0.29) is 5.57 Å². The first kappa shape index (κ1) is 20.1. The van der Waals surface area contributed by atoms with E-state index < -0.39 is 5.78 Å². The van der Waals surface area contributed by atoms with E-state index >= 15 is 0 Å². The average molecular weight is 365 g/mol. The third-order valence-corrected chi connectivity index (χ3v) is 3.79. The zero-order valence-corrected chi connectivity index (χ0v) is 16.0. The van der Waals surface area contributed by atoms with E-state index in [0.29, 0.717) is 40.9 Å². The summed E-state index contributed by atoms with van der Waals surface area (Å²) in [5.74, 6) is 1.59. The Kier molecular flexibility index (Phi) is 7.01. The van der Waals surface area contributed by atoms with E-state index in [2.05, 4.69) is 13.8 Å². The van der Waals surface area contributed by atoms with Crippen LogP contribution < -0.4 is 14.2 Å². The van der Waals surface area contributed by atoms with Gasteiger partial charge in [0.1, 0.15) is 17.4 Å². The average Bonchev–Trinajstić information content (AvgIpc) is 2.70. The molecule has 0 fully saturated rings. The van der Waals surface area contributed by atoms with E-state index in [1.807, 2.05) is 6.07 Å². The molecule has 0 radical (unpaired) electrons. The highest BCUT2D eigenvalue weighted by Crippen LogP contribution is 2.30. The lowest BCUT2D eigenvalue weighted by Gasteiger charge is -2.13. The van der Waals surface area contributed by atoms with Gasteiger partial charge in [-0.15, -0.1) is 0 Å². The molecule has 0 aliphatic heterocycles. The van der Waals surface area contributed by atoms with Crippen molar-refractivity contribution in [3.8, 4) is 23.3 Å². The maximum atomic E-state index is 12.7. The summed E-state index contributed by atoms with van der Waals surface area (Å²) in [4.78, 5) is 12.7. The molecule has 0 bridgehead atoms. The van der Waals surface area contributed by atoms with Gasteiger partial charge in [0.2, 0.25) is 5.78 Å². The molecule has 5 heteroatoms. The monoisotopic (exact) mass is 365 g/mol. The summed E-state index contributed by atoms with van der Waals surface area (Å²) in [6, 6.07) is 14.1. The Morgan fingerprint density at radius 2 is 1.78 bits per heavy atom. The Balaban J connectivity index is 2.34. The van der Waals surface area contributed by atoms with Gasteiger partial charge in [0.05, 0.1) is 26.4 Å². The van der Waals surface area contributed by atoms with E-state index in [1.165, 1.54) is 13.2 Å². The van der Waals surface area contributed by atoms with Gasteiger partial charge in [0.25, 0.3) is 0 Å². The minimum absolute atomic E-state index is 0.0115. The molecule has 0 amide bonds. The summed E-state index contributed by atoms with van der Waals surface area (Å²) in [6.07, 6.45) is 1.53. The largest absolute Gasteiger partial charge is 0.496 e. The maximum Gasteiger partial charge on any atom is 0.207 e. The Morgan fingerprint density at radius 1 is 1.07 bits per heavy atom. The predicted molar refractivity (Wildman–Crippen MR) is 104 cm³/mol. The summed E-state index contributed by atoms with van der Waals surface area (Å²) < 4.78 is 16.3. The molecule has 27 heavy (non-hydrogen) atoms. The van der Waals surface area contributed by atoms with Gasteiger partial charge in [-0.05, 0) is 41.8 Å². The maximum absolute atomic E-state index is 12.7. The van der Waals surface area contributed by atoms with Crippen molar-refractivity contribution in [2.45, 2.75) is 13.8 Å². The fourth-order valence-electron chi connectivity index (χ4n) is 2.44. The van der Waals surface area contributed by atoms with Gasteiger partial charge >= 0.3 is 0 Å². The number of para-hydroxylation sites is 1. The molecule has 2 aromatic rings. The van der Waals surface area contributed by atoms with Gasteiger partial charge in [0, 0.05) is 0 Å². The quantitative estimate of drug-likeness (QED) is 0.391. The van der Waals surface area contributed by atoms with Crippen molar-refractivity contribution in [1.82, 2.24) is 0 Å². The van der Waals surface area contributed by atoms with Crippen LogP contribution in [0.15, 0.2) is 48.0 Å². The highest BCUT2D eigenvalue weighted by Gasteiger charge is 2.17. The molecular formula is C22H23NO4. The van der Waals surface area contributed by atoms with E-state index in [0.717, 1.165) is 0 Å². The molecule has 5 nitrogen and oxygen atoms in total. The number of ketones is 1. The van der Waals surface area contributed by atoms with Gasteiger partial charge in [-0.1, -0.05) is 32.0 Å². The molecule has 0 aliphatic rings. The van der Waals surface area contributed by atoms with Gasteiger partial charge in [-0.2, -0.15) is 5.26 Å². The second-order valence-electron chi connectivity index (χ2n) is 6.31. The number of rotatable bonds is 8. The van der Waals surface area contributed by atoms with Gasteiger partial charge in [-0.25, -0.2) is 0 Å². The molecule has 0 saturated carbocycles. The van der Waals surface area contributed by atoms with Crippen LogP contribution in [0.3, 0.4) is 0 Å². The summed E-state index contributed by atoms with van der Waals surface area (Å²) in [6.45, 7) is 4.69. The van der Waals surface area contributed by atoms with Crippen LogP contribution in [0.5, 0.6) is 17.2 Å². The second kappa shape index (κ2) is 9.44. The Hall–Kier alpha value is -3.26. The first-order valence-corrected chi connectivity index (χ1v) is 8.60. The molecule has 0 spiro atoms. The number of hydrogen-bond acceptors (Lipinski definition) is 5. The van der Waals surface area contributed by atoms with Crippen molar-refractivity contribution in [1.29, 1.82) is 5.26 Å². The van der Waals surface area contributed by atoms with Crippen LogP contribution in [0, 0.1) is 17.2 Å². The first-order valence-electron chi connectivity index (χ1n) is 8.60. The molecule has 2 aromatic carbocycles. The summed E-state index contributed by atoms with van der Waals surface area (Å²) >= 11 is 0. The minimum atomic E-state index is -0.394. The number of nitrogens with zero attached hydrogens (tertiary/aromatic N) is 1. The molecule has 0 atom stereocenters. The summed E-state index contributed by atoms with van der Waals surface area (Å²) in [5.41, 5.74) is 1.03. The zero-order chi connectivity index (χ0) is 19.8. The molecule has 0 aromatic heterocycles. The number of benzene rings is 2. The number of ether oxygens (including phenoxy) is 3. The molecular weight excluding hydrogens is 342 g/mol. The molecule has 0 unspecified atom stereocenters. The van der Waals surface area contributed by atoms with Crippen molar-refractivity contribution in [2.75, 3.05) is 20.8 Å². The first-order chi connectivity index (χ1) is 13.0. The number of allylic oxidation sites excluding steroid dienone is 1. The van der Waals surface area contributed by atoms with Crippen LogP contribution in [0.25, 0.3) is 6.08 Å². The lowest BCUT2D eigenvalue weighted by atomic mass is 10.0.